The van der Waals surface area contributed by atoms with E-state index < -0.39 is 0 Å². The van der Waals surface area contributed by atoms with Crippen molar-refractivity contribution in [3.05, 3.63) is 103 Å². The molecule has 7 aromatic rings. The number of rotatable bonds is 1. The number of para-hydroxylation sites is 2. The minimum atomic E-state index is 1.16. The van der Waals surface area contributed by atoms with E-state index >= 15 is 0 Å². The molecule has 2 heteroatoms. The number of benzene rings is 4. The number of hydrogen-bond acceptors (Lipinski definition) is 0. The minimum absolute atomic E-state index is 1.16. The van der Waals surface area contributed by atoms with Crippen LogP contribution in [0.2, 0.25) is 0 Å². The van der Waals surface area contributed by atoms with Gasteiger partial charge >= 0.3 is 0 Å². The maximum Gasteiger partial charge on any atom is 0.124 e. The predicted octanol–water partition coefficient (Wildman–Crippen LogP) is 7.55. The van der Waals surface area contributed by atoms with E-state index in [4.69, 9.17) is 0 Å². The number of aromatic amines is 1. The van der Waals surface area contributed by atoms with Gasteiger partial charge in [-0.15, -0.1) is 0 Å². The number of nitrogens with zero attached hydrogens (tertiary/aromatic N) is 1. The first-order chi connectivity index (χ1) is 14.9. The van der Waals surface area contributed by atoms with Crippen LogP contribution < -0.4 is 0 Å². The molecule has 0 spiro atoms. The van der Waals surface area contributed by atoms with Crippen molar-refractivity contribution in [2.45, 2.75) is 0 Å². The number of pyridine rings is 1. The van der Waals surface area contributed by atoms with E-state index in [1.807, 2.05) is 0 Å². The average molecular weight is 382 g/mol. The molecule has 0 atom stereocenters. The van der Waals surface area contributed by atoms with Gasteiger partial charge in [-0.25, -0.2) is 0 Å². The molecular formula is C28H18N2. The molecule has 140 valence electrons. The first-order valence-electron chi connectivity index (χ1n) is 10.3. The molecule has 4 aromatic carbocycles. The Bertz CT molecular complexity index is 1730. The molecule has 0 aliphatic carbocycles. The molecule has 0 aliphatic heterocycles. The lowest BCUT2D eigenvalue weighted by Crippen LogP contribution is -1.92. The molecular weight excluding hydrogens is 364 g/mol. The molecule has 7 rings (SSSR count). The second-order valence-corrected chi connectivity index (χ2v) is 7.88. The van der Waals surface area contributed by atoms with Crippen LogP contribution in [0.5, 0.6) is 0 Å². The maximum atomic E-state index is 3.73. The quantitative estimate of drug-likeness (QED) is 0.283. The van der Waals surface area contributed by atoms with E-state index in [9.17, 15) is 0 Å². The highest BCUT2D eigenvalue weighted by Crippen LogP contribution is 2.44. The molecule has 0 aliphatic rings. The average Bonchev–Trinajstić information content (AvgIpc) is 3.35. The second-order valence-electron chi connectivity index (χ2n) is 7.88. The van der Waals surface area contributed by atoms with Crippen LogP contribution >= 0.6 is 0 Å². The van der Waals surface area contributed by atoms with E-state index in [1.54, 1.807) is 0 Å². The van der Waals surface area contributed by atoms with Gasteiger partial charge in [0.25, 0.3) is 0 Å². The number of hydrogen-bond donors (Lipinski definition) is 1. The van der Waals surface area contributed by atoms with Gasteiger partial charge in [0.05, 0.1) is 11.0 Å². The fraction of sp³-hybridized carbons (Fsp3) is 0. The fourth-order valence-electron chi connectivity index (χ4n) is 5.09. The Morgan fingerprint density at radius 2 is 1.17 bits per heavy atom. The molecule has 3 heterocycles. The standard InChI is InChI=1S/C28H18N2/c1-2-10-18(11-3-1)25-26-22-15-6-8-16-23(22)29-28(26)30-24-17-9-7-13-20(24)19-12-4-5-14-21(19)27(25)30/h1-17,29H. The van der Waals surface area contributed by atoms with Crippen LogP contribution in [0.15, 0.2) is 103 Å². The van der Waals surface area contributed by atoms with Crippen LogP contribution in [0.3, 0.4) is 0 Å². The Hall–Kier alpha value is -4.04. The fourth-order valence-corrected chi connectivity index (χ4v) is 5.09. The highest BCUT2D eigenvalue weighted by Gasteiger charge is 2.22. The van der Waals surface area contributed by atoms with Crippen LogP contribution in [0.25, 0.3) is 60.3 Å². The van der Waals surface area contributed by atoms with Crippen molar-refractivity contribution < 1.29 is 0 Å². The minimum Gasteiger partial charge on any atom is -0.340 e. The Kier molecular flexibility index (Phi) is 3.03. The third kappa shape index (κ3) is 1.93. The Labute approximate surface area is 173 Å². The van der Waals surface area contributed by atoms with E-state index in [0.717, 1.165) is 5.65 Å². The topological polar surface area (TPSA) is 20.2 Å². The number of nitrogens with one attached hydrogen (secondary N) is 1. The van der Waals surface area contributed by atoms with Gasteiger partial charge in [0, 0.05) is 32.6 Å². The first kappa shape index (κ1) is 15.8. The molecule has 3 aromatic heterocycles. The van der Waals surface area contributed by atoms with Gasteiger partial charge in [0.1, 0.15) is 5.65 Å². The zero-order valence-corrected chi connectivity index (χ0v) is 16.3. The van der Waals surface area contributed by atoms with Crippen molar-refractivity contribution in [3.8, 4) is 11.1 Å². The summed E-state index contributed by atoms with van der Waals surface area (Å²) in [6, 6.07) is 36.9. The lowest BCUT2D eigenvalue weighted by Gasteiger charge is -2.11. The third-order valence-corrected chi connectivity index (χ3v) is 6.30. The lowest BCUT2D eigenvalue weighted by atomic mass is 9.98. The van der Waals surface area contributed by atoms with Gasteiger partial charge in [-0.2, -0.15) is 0 Å². The normalized spacial score (nSPS) is 12.0. The number of fused-ring (bicyclic) bond motifs is 10. The van der Waals surface area contributed by atoms with Gasteiger partial charge in [-0.05, 0) is 23.1 Å². The smallest absolute Gasteiger partial charge is 0.124 e. The zero-order chi connectivity index (χ0) is 19.7. The summed E-state index contributed by atoms with van der Waals surface area (Å²) in [4.78, 5) is 3.73. The largest absolute Gasteiger partial charge is 0.340 e. The molecule has 2 nitrogen and oxygen atoms in total. The van der Waals surface area contributed by atoms with E-state index in [2.05, 4.69) is 113 Å². The summed E-state index contributed by atoms with van der Waals surface area (Å²) in [7, 11) is 0. The molecule has 0 radical (unpaired) electrons. The molecule has 0 fully saturated rings. The highest BCUT2D eigenvalue weighted by atomic mass is 15.0. The van der Waals surface area contributed by atoms with Crippen LogP contribution in [-0.4, -0.2) is 9.38 Å². The van der Waals surface area contributed by atoms with Crippen molar-refractivity contribution in [2.24, 2.45) is 0 Å². The van der Waals surface area contributed by atoms with E-state index in [-0.39, 0.29) is 0 Å². The second kappa shape index (κ2) is 5.74. The highest BCUT2D eigenvalue weighted by molar-refractivity contribution is 6.26. The lowest BCUT2D eigenvalue weighted by molar-refractivity contribution is 1.29. The van der Waals surface area contributed by atoms with Gasteiger partial charge in [0.2, 0.25) is 0 Å². The molecule has 0 unspecified atom stereocenters. The summed E-state index contributed by atoms with van der Waals surface area (Å²) >= 11 is 0. The van der Waals surface area contributed by atoms with Crippen LogP contribution in [0.4, 0.5) is 0 Å². The van der Waals surface area contributed by atoms with Gasteiger partial charge in [-0.1, -0.05) is 91.0 Å². The molecule has 1 N–H and O–H groups in total. The van der Waals surface area contributed by atoms with Crippen molar-refractivity contribution in [1.82, 2.24) is 9.38 Å². The molecule has 0 amide bonds. The monoisotopic (exact) mass is 382 g/mol. The SMILES string of the molecule is c1ccc(-c2c3c4ccccc4[nH]c3n3c4ccccc4c4ccccc4c23)cc1. The van der Waals surface area contributed by atoms with Crippen molar-refractivity contribution in [3.63, 3.8) is 0 Å². The summed E-state index contributed by atoms with van der Waals surface area (Å²) < 4.78 is 2.43. The van der Waals surface area contributed by atoms with Crippen molar-refractivity contribution in [1.29, 1.82) is 0 Å². The summed E-state index contributed by atoms with van der Waals surface area (Å²) in [5.74, 6) is 0. The predicted molar refractivity (Wildman–Crippen MR) is 127 cm³/mol. The van der Waals surface area contributed by atoms with Gasteiger partial charge in [-0.3, -0.25) is 4.40 Å². The summed E-state index contributed by atoms with van der Waals surface area (Å²) in [5.41, 5.74) is 7.37. The van der Waals surface area contributed by atoms with Crippen LogP contribution in [0, 0.1) is 0 Å². The molecule has 0 saturated heterocycles. The molecule has 0 saturated carbocycles. The van der Waals surface area contributed by atoms with Gasteiger partial charge in [0.15, 0.2) is 0 Å². The summed E-state index contributed by atoms with van der Waals surface area (Å²) in [6.45, 7) is 0. The maximum absolute atomic E-state index is 3.73. The zero-order valence-electron chi connectivity index (χ0n) is 16.3. The molecule has 30 heavy (non-hydrogen) atoms. The van der Waals surface area contributed by atoms with Crippen LogP contribution in [0.1, 0.15) is 0 Å². The number of H-pyrrole nitrogens is 1. The first-order valence-corrected chi connectivity index (χ1v) is 10.3. The Morgan fingerprint density at radius 3 is 2.00 bits per heavy atom. The van der Waals surface area contributed by atoms with Crippen LogP contribution in [-0.2, 0) is 0 Å². The Morgan fingerprint density at radius 1 is 0.533 bits per heavy atom. The Balaban J connectivity index is 1.90. The van der Waals surface area contributed by atoms with E-state index in [0.29, 0.717) is 0 Å². The number of aromatic nitrogens is 2. The van der Waals surface area contributed by atoms with Crippen molar-refractivity contribution in [2.75, 3.05) is 0 Å². The summed E-state index contributed by atoms with van der Waals surface area (Å²) in [6.07, 6.45) is 0. The summed E-state index contributed by atoms with van der Waals surface area (Å²) in [5, 5.41) is 6.41. The van der Waals surface area contributed by atoms with Crippen molar-refractivity contribution >= 4 is 49.1 Å². The third-order valence-electron chi connectivity index (χ3n) is 6.30. The molecule has 0 bridgehead atoms. The van der Waals surface area contributed by atoms with E-state index in [1.165, 1.54) is 54.6 Å². The van der Waals surface area contributed by atoms with Gasteiger partial charge < -0.3 is 4.98 Å².